The second-order valence-electron chi connectivity index (χ2n) is 9.92. The van der Waals surface area contributed by atoms with Crippen molar-refractivity contribution >= 4 is 35.8 Å². The van der Waals surface area contributed by atoms with Crippen LogP contribution in [0.5, 0.6) is 0 Å². The molecule has 3 fully saturated rings. The lowest BCUT2D eigenvalue weighted by molar-refractivity contribution is -0.137. The third-order valence-corrected chi connectivity index (χ3v) is 7.67. The van der Waals surface area contributed by atoms with Gasteiger partial charge in [-0.3, -0.25) is 14.7 Å². The molecule has 2 N–H and O–H groups in total. The minimum atomic E-state index is 0. The molecule has 192 valence electrons. The lowest BCUT2D eigenvalue weighted by Gasteiger charge is -2.36. The quantitative estimate of drug-likeness (QED) is 0.170. The van der Waals surface area contributed by atoms with E-state index in [2.05, 4.69) is 34.3 Å². The zero-order valence-electron chi connectivity index (χ0n) is 21.1. The summed E-state index contributed by atoms with van der Waals surface area (Å²) >= 11 is 0. The summed E-state index contributed by atoms with van der Waals surface area (Å²) in [5.74, 6) is 1.65. The average molecular weight is 578 g/mol. The second kappa shape index (κ2) is 15.4. The van der Waals surface area contributed by atoms with E-state index in [-0.39, 0.29) is 24.0 Å². The first-order valence-corrected chi connectivity index (χ1v) is 13.3. The van der Waals surface area contributed by atoms with Crippen LogP contribution in [0, 0.1) is 11.3 Å². The van der Waals surface area contributed by atoms with E-state index >= 15 is 0 Å². The fourth-order valence-corrected chi connectivity index (χ4v) is 5.59. The van der Waals surface area contributed by atoms with E-state index in [4.69, 9.17) is 9.73 Å². The van der Waals surface area contributed by atoms with E-state index in [1.165, 1.54) is 38.5 Å². The highest BCUT2D eigenvalue weighted by Gasteiger charge is 2.33. The van der Waals surface area contributed by atoms with Crippen LogP contribution in [0.2, 0.25) is 0 Å². The number of nitrogens with one attached hydrogen (secondary N) is 2. The van der Waals surface area contributed by atoms with E-state index in [0.29, 0.717) is 17.2 Å². The van der Waals surface area contributed by atoms with Crippen molar-refractivity contribution in [3.05, 3.63) is 0 Å². The summed E-state index contributed by atoms with van der Waals surface area (Å²) in [6, 6.07) is 0. The van der Waals surface area contributed by atoms with Crippen molar-refractivity contribution in [3.8, 4) is 0 Å². The third-order valence-electron chi connectivity index (χ3n) is 7.67. The molecule has 0 bridgehead atoms. The Morgan fingerprint density at radius 1 is 1.03 bits per heavy atom. The Hall–Kier alpha value is -0.610. The number of nitrogens with zero attached hydrogens (tertiary/aromatic N) is 3. The van der Waals surface area contributed by atoms with Crippen LogP contribution in [0.25, 0.3) is 0 Å². The van der Waals surface area contributed by atoms with Crippen LogP contribution >= 0.6 is 24.0 Å². The summed E-state index contributed by atoms with van der Waals surface area (Å²) in [6.07, 6.45) is 11.0. The maximum absolute atomic E-state index is 12.6. The van der Waals surface area contributed by atoms with Gasteiger partial charge in [0.1, 0.15) is 0 Å². The molecule has 2 aliphatic carbocycles. The van der Waals surface area contributed by atoms with Gasteiger partial charge in [-0.15, -0.1) is 24.0 Å². The molecular formula is C25H48IN5O2. The molecule has 0 atom stereocenters. The first kappa shape index (κ1) is 28.6. The minimum Gasteiger partial charge on any atom is -0.382 e. The molecule has 0 aromatic heterocycles. The van der Waals surface area contributed by atoms with Crippen molar-refractivity contribution in [1.82, 2.24) is 20.4 Å². The van der Waals surface area contributed by atoms with Gasteiger partial charge in [0.15, 0.2) is 5.96 Å². The normalized spacial score (nSPS) is 21.8. The molecular weight excluding hydrogens is 529 g/mol. The topological polar surface area (TPSA) is 69.2 Å². The number of amides is 1. The number of halogens is 1. The minimum absolute atomic E-state index is 0. The molecule has 3 aliphatic rings. The maximum Gasteiger partial charge on any atom is 0.225 e. The number of carbonyl (C=O) groups excluding carboxylic acids is 1. The monoisotopic (exact) mass is 577 g/mol. The zero-order valence-corrected chi connectivity index (χ0v) is 23.4. The molecule has 0 radical (unpaired) electrons. The number of ether oxygens (including phenoxy) is 1. The van der Waals surface area contributed by atoms with Crippen molar-refractivity contribution in [2.24, 2.45) is 16.3 Å². The van der Waals surface area contributed by atoms with E-state index < -0.39 is 0 Å². The highest BCUT2D eigenvalue weighted by molar-refractivity contribution is 14.0. The van der Waals surface area contributed by atoms with Gasteiger partial charge in [-0.2, -0.15) is 0 Å². The Morgan fingerprint density at radius 3 is 2.36 bits per heavy atom. The van der Waals surface area contributed by atoms with Crippen LogP contribution in [0.4, 0.5) is 0 Å². The van der Waals surface area contributed by atoms with Crippen LogP contribution in [0.15, 0.2) is 4.99 Å². The van der Waals surface area contributed by atoms with Gasteiger partial charge >= 0.3 is 0 Å². The van der Waals surface area contributed by atoms with Crippen LogP contribution in [-0.4, -0.2) is 87.2 Å². The summed E-state index contributed by atoms with van der Waals surface area (Å²) in [6.45, 7) is 13.2. The second-order valence-corrected chi connectivity index (χ2v) is 9.92. The number of hydrogen-bond donors (Lipinski definition) is 2. The van der Waals surface area contributed by atoms with Gasteiger partial charge in [-0.05, 0) is 51.4 Å². The van der Waals surface area contributed by atoms with E-state index in [9.17, 15) is 4.79 Å². The SMILES string of the molecule is CCNC(=NCC1(CCOCC)CCCC1)NCCN1CCN(C(=O)C2CCCC2)CC1.I. The lowest BCUT2D eigenvalue weighted by atomic mass is 9.83. The first-order valence-electron chi connectivity index (χ1n) is 13.3. The molecule has 2 saturated carbocycles. The molecule has 0 unspecified atom stereocenters. The van der Waals surface area contributed by atoms with Crippen molar-refractivity contribution in [2.45, 2.75) is 71.6 Å². The standard InChI is InChI=1S/C25H47N5O2.HI/c1-3-26-24(28-21-25(11-7-8-12-25)13-20-32-4-2)27-14-15-29-16-18-30(19-17-29)23(31)22-9-5-6-10-22;/h22H,3-21H2,1-2H3,(H2,26,27,28);1H. The molecule has 7 nitrogen and oxygen atoms in total. The number of aliphatic imine (C=N–C) groups is 1. The van der Waals surface area contributed by atoms with Crippen molar-refractivity contribution in [3.63, 3.8) is 0 Å². The lowest BCUT2D eigenvalue weighted by Crippen LogP contribution is -2.52. The van der Waals surface area contributed by atoms with E-state index in [1.807, 2.05) is 0 Å². The third kappa shape index (κ3) is 9.17. The van der Waals surface area contributed by atoms with Gasteiger partial charge in [0.25, 0.3) is 0 Å². The summed E-state index contributed by atoms with van der Waals surface area (Å²) in [5.41, 5.74) is 0.319. The summed E-state index contributed by atoms with van der Waals surface area (Å²) in [7, 11) is 0. The fourth-order valence-electron chi connectivity index (χ4n) is 5.59. The fraction of sp³-hybridized carbons (Fsp3) is 0.920. The first-order chi connectivity index (χ1) is 15.7. The molecule has 0 aromatic carbocycles. The van der Waals surface area contributed by atoms with Gasteiger partial charge < -0.3 is 20.3 Å². The van der Waals surface area contributed by atoms with Crippen molar-refractivity contribution in [1.29, 1.82) is 0 Å². The van der Waals surface area contributed by atoms with E-state index in [0.717, 1.165) is 90.8 Å². The van der Waals surface area contributed by atoms with Gasteiger partial charge in [0.05, 0.1) is 0 Å². The Bertz CT molecular complexity index is 583. The van der Waals surface area contributed by atoms with Crippen molar-refractivity contribution < 1.29 is 9.53 Å². The molecule has 0 aromatic rings. The summed E-state index contributed by atoms with van der Waals surface area (Å²) < 4.78 is 5.65. The van der Waals surface area contributed by atoms with Crippen LogP contribution in [-0.2, 0) is 9.53 Å². The number of guanidine groups is 1. The molecule has 1 heterocycles. The average Bonchev–Trinajstić information content (AvgIpc) is 3.51. The summed E-state index contributed by atoms with van der Waals surface area (Å²) in [4.78, 5) is 22.2. The Kier molecular flexibility index (Phi) is 13.4. The Labute approximate surface area is 218 Å². The smallest absolute Gasteiger partial charge is 0.225 e. The molecule has 1 saturated heterocycles. The highest BCUT2D eigenvalue weighted by atomic mass is 127. The molecule has 1 amide bonds. The number of hydrogen-bond acceptors (Lipinski definition) is 4. The Morgan fingerprint density at radius 2 is 1.73 bits per heavy atom. The van der Waals surface area contributed by atoms with Gasteiger partial charge in [0.2, 0.25) is 5.91 Å². The zero-order chi connectivity index (χ0) is 22.7. The molecule has 8 heteroatoms. The van der Waals surface area contributed by atoms with Crippen molar-refractivity contribution in [2.75, 3.05) is 65.6 Å². The van der Waals surface area contributed by atoms with Crippen LogP contribution in [0.1, 0.15) is 71.6 Å². The molecule has 33 heavy (non-hydrogen) atoms. The van der Waals surface area contributed by atoms with Crippen LogP contribution in [0.3, 0.4) is 0 Å². The van der Waals surface area contributed by atoms with Gasteiger partial charge in [0, 0.05) is 71.5 Å². The largest absolute Gasteiger partial charge is 0.382 e. The molecule has 3 rings (SSSR count). The Balaban J connectivity index is 0.00000385. The molecule has 1 aliphatic heterocycles. The predicted octanol–water partition coefficient (Wildman–Crippen LogP) is 3.48. The van der Waals surface area contributed by atoms with Crippen LogP contribution < -0.4 is 10.6 Å². The number of rotatable bonds is 11. The van der Waals surface area contributed by atoms with Gasteiger partial charge in [-0.1, -0.05) is 25.7 Å². The number of piperazine rings is 1. The number of carbonyl (C=O) groups is 1. The van der Waals surface area contributed by atoms with Gasteiger partial charge in [-0.25, -0.2) is 0 Å². The maximum atomic E-state index is 12.6. The predicted molar refractivity (Wildman–Crippen MR) is 146 cm³/mol. The van der Waals surface area contributed by atoms with E-state index in [1.54, 1.807) is 0 Å². The molecule has 0 spiro atoms. The summed E-state index contributed by atoms with van der Waals surface area (Å²) in [5, 5.41) is 6.96. The highest BCUT2D eigenvalue weighted by Crippen LogP contribution is 2.41.